The van der Waals surface area contributed by atoms with Gasteiger partial charge < -0.3 is 20.7 Å². The number of benzene rings is 1. The van der Waals surface area contributed by atoms with Crippen LogP contribution < -0.4 is 15.8 Å². The fourth-order valence-electron chi connectivity index (χ4n) is 3.51. The number of halogens is 1. The molecule has 2 heterocycles. The van der Waals surface area contributed by atoms with Gasteiger partial charge in [-0.15, -0.1) is 12.4 Å². The van der Waals surface area contributed by atoms with Crippen LogP contribution in [-0.2, 0) is 11.3 Å². The number of nitrogens with two attached hydrogens (primary N) is 1. The van der Waals surface area contributed by atoms with E-state index in [1.807, 2.05) is 23.1 Å². The fourth-order valence-corrected chi connectivity index (χ4v) is 3.51. The fraction of sp³-hybridized carbons (Fsp3) is 0.409. The zero-order chi connectivity index (χ0) is 20.5. The van der Waals surface area contributed by atoms with E-state index in [-0.39, 0.29) is 37.4 Å². The second-order valence-corrected chi connectivity index (χ2v) is 7.16. The van der Waals surface area contributed by atoms with E-state index in [9.17, 15) is 9.59 Å². The lowest BCUT2D eigenvalue weighted by atomic mass is 10.1. The van der Waals surface area contributed by atoms with Crippen LogP contribution in [0.1, 0.15) is 41.7 Å². The first kappa shape index (κ1) is 23.6. The molecule has 162 valence electrons. The van der Waals surface area contributed by atoms with E-state index in [1.54, 1.807) is 30.5 Å². The number of amides is 2. The Labute approximate surface area is 183 Å². The lowest BCUT2D eigenvalue weighted by Gasteiger charge is -2.31. The number of rotatable bonds is 8. The van der Waals surface area contributed by atoms with E-state index < -0.39 is 5.91 Å². The summed E-state index contributed by atoms with van der Waals surface area (Å²) in [4.78, 5) is 30.5. The highest BCUT2D eigenvalue weighted by Gasteiger charge is 2.25. The summed E-state index contributed by atoms with van der Waals surface area (Å²) in [5.74, 6) is 0.198. The molecule has 1 aromatic carbocycles. The van der Waals surface area contributed by atoms with Gasteiger partial charge in [0, 0.05) is 17.8 Å². The maximum atomic E-state index is 13.0. The Morgan fingerprint density at radius 3 is 2.63 bits per heavy atom. The molecule has 0 aliphatic carbocycles. The number of ether oxygens (including phenoxy) is 1. The summed E-state index contributed by atoms with van der Waals surface area (Å²) in [6.45, 7) is 2.70. The molecule has 0 radical (unpaired) electrons. The molecule has 1 fully saturated rings. The Kier molecular flexibility index (Phi) is 9.57. The van der Waals surface area contributed by atoms with E-state index in [4.69, 9.17) is 10.5 Å². The van der Waals surface area contributed by atoms with Crippen molar-refractivity contribution < 1.29 is 14.3 Å². The van der Waals surface area contributed by atoms with Crippen molar-refractivity contribution in [2.75, 3.05) is 19.7 Å². The summed E-state index contributed by atoms with van der Waals surface area (Å²) in [6, 6.07) is 12.6. The summed E-state index contributed by atoms with van der Waals surface area (Å²) < 4.78 is 5.70. The molecule has 3 N–H and O–H groups in total. The second kappa shape index (κ2) is 12.1. The predicted molar refractivity (Wildman–Crippen MR) is 118 cm³/mol. The average molecular weight is 433 g/mol. The van der Waals surface area contributed by atoms with Crippen LogP contribution in [0.5, 0.6) is 5.75 Å². The van der Waals surface area contributed by atoms with Crippen molar-refractivity contribution in [1.82, 2.24) is 15.2 Å². The van der Waals surface area contributed by atoms with E-state index >= 15 is 0 Å². The molecule has 8 heteroatoms. The summed E-state index contributed by atoms with van der Waals surface area (Å²) >= 11 is 0. The lowest BCUT2D eigenvalue weighted by Crippen LogP contribution is -2.41. The topological polar surface area (TPSA) is 97.6 Å². The molecule has 0 spiro atoms. The number of nitrogens with zero attached hydrogens (tertiary/aromatic N) is 2. The van der Waals surface area contributed by atoms with Crippen molar-refractivity contribution in [2.24, 2.45) is 5.73 Å². The van der Waals surface area contributed by atoms with Crippen LogP contribution in [0.25, 0.3) is 0 Å². The minimum absolute atomic E-state index is 0. The molecule has 1 unspecified atom stereocenters. The number of nitrogens with one attached hydrogen (secondary N) is 1. The van der Waals surface area contributed by atoms with Crippen LogP contribution in [-0.4, -0.2) is 47.4 Å². The molecule has 1 aromatic heterocycles. The summed E-state index contributed by atoms with van der Waals surface area (Å²) in [7, 11) is 0. The quantitative estimate of drug-likeness (QED) is 0.668. The average Bonchev–Trinajstić information content (AvgIpc) is 3.02. The van der Waals surface area contributed by atoms with Gasteiger partial charge in [-0.05, 0) is 68.8 Å². The number of carbonyl (C=O) groups excluding carboxylic acids is 2. The van der Waals surface area contributed by atoms with Gasteiger partial charge in [0.2, 0.25) is 11.8 Å². The Balaban J connectivity index is 0.00000320. The summed E-state index contributed by atoms with van der Waals surface area (Å²) in [6.07, 6.45) is 5.02. The first-order valence-corrected chi connectivity index (χ1v) is 10.1. The molecular weight excluding hydrogens is 404 g/mol. The molecular formula is C22H29ClN4O3. The summed E-state index contributed by atoms with van der Waals surface area (Å²) in [5, 5.41) is 3.40. The van der Waals surface area contributed by atoms with Crippen molar-refractivity contribution in [3.63, 3.8) is 0 Å². The Morgan fingerprint density at radius 2 is 1.93 bits per heavy atom. The Bertz CT molecular complexity index is 794. The largest absolute Gasteiger partial charge is 0.493 e. The standard InChI is InChI=1S/C22H28N4O3.ClH/c23-22(28)17-6-8-20(9-7-17)29-15-11-21(27)26(16-18-4-1-2-13-25-18)19-5-3-12-24-14-10-19;/h1-2,4,6-9,13,19,24H,3,5,10-12,14-16H2,(H2,23,28);1H. The van der Waals surface area contributed by atoms with E-state index in [0.29, 0.717) is 17.9 Å². The van der Waals surface area contributed by atoms with Gasteiger partial charge in [-0.1, -0.05) is 6.07 Å². The molecule has 1 saturated heterocycles. The smallest absolute Gasteiger partial charge is 0.248 e. The van der Waals surface area contributed by atoms with Crippen molar-refractivity contribution in [3.05, 3.63) is 59.9 Å². The minimum Gasteiger partial charge on any atom is -0.493 e. The second-order valence-electron chi connectivity index (χ2n) is 7.16. The lowest BCUT2D eigenvalue weighted by molar-refractivity contribution is -0.135. The van der Waals surface area contributed by atoms with Crippen LogP contribution in [0, 0.1) is 0 Å². The molecule has 2 amide bonds. The summed E-state index contributed by atoms with van der Waals surface area (Å²) in [5.41, 5.74) is 6.56. The highest BCUT2D eigenvalue weighted by molar-refractivity contribution is 5.92. The van der Waals surface area contributed by atoms with Gasteiger partial charge in [0.15, 0.2) is 0 Å². The molecule has 2 aromatic rings. The van der Waals surface area contributed by atoms with Gasteiger partial charge in [-0.25, -0.2) is 0 Å². The molecule has 1 aliphatic rings. The Hall–Kier alpha value is -2.64. The van der Waals surface area contributed by atoms with Crippen LogP contribution in [0.2, 0.25) is 0 Å². The maximum Gasteiger partial charge on any atom is 0.248 e. The number of primary amides is 1. The SMILES string of the molecule is Cl.NC(=O)c1ccc(OCCC(=O)N(Cc2ccccn2)C2CCCNCC2)cc1. The maximum absolute atomic E-state index is 13.0. The van der Waals surface area contributed by atoms with Gasteiger partial charge in [0.1, 0.15) is 5.75 Å². The number of pyridine rings is 1. The molecule has 0 saturated carbocycles. The van der Waals surface area contributed by atoms with Crippen LogP contribution in [0.15, 0.2) is 48.7 Å². The first-order valence-electron chi connectivity index (χ1n) is 10.1. The molecule has 1 atom stereocenters. The molecule has 7 nitrogen and oxygen atoms in total. The van der Waals surface area contributed by atoms with E-state index in [0.717, 1.165) is 38.0 Å². The number of carbonyl (C=O) groups is 2. The van der Waals surface area contributed by atoms with Crippen molar-refractivity contribution >= 4 is 24.2 Å². The van der Waals surface area contributed by atoms with Gasteiger partial charge in [-0.3, -0.25) is 14.6 Å². The zero-order valence-electron chi connectivity index (χ0n) is 17.0. The third-order valence-electron chi connectivity index (χ3n) is 5.09. The minimum atomic E-state index is -0.477. The van der Waals surface area contributed by atoms with Gasteiger partial charge in [0.05, 0.1) is 25.3 Å². The van der Waals surface area contributed by atoms with Crippen molar-refractivity contribution in [1.29, 1.82) is 0 Å². The molecule has 0 bridgehead atoms. The van der Waals surface area contributed by atoms with Crippen LogP contribution >= 0.6 is 12.4 Å². The number of aromatic nitrogens is 1. The van der Waals surface area contributed by atoms with Gasteiger partial charge >= 0.3 is 0 Å². The van der Waals surface area contributed by atoms with E-state index in [1.165, 1.54) is 0 Å². The molecule has 30 heavy (non-hydrogen) atoms. The normalized spacial score (nSPS) is 16.1. The molecule has 3 rings (SSSR count). The third kappa shape index (κ3) is 7.00. The van der Waals surface area contributed by atoms with Crippen LogP contribution in [0.4, 0.5) is 0 Å². The Morgan fingerprint density at radius 1 is 1.13 bits per heavy atom. The zero-order valence-corrected chi connectivity index (χ0v) is 17.8. The van der Waals surface area contributed by atoms with Crippen molar-refractivity contribution in [2.45, 2.75) is 38.3 Å². The highest BCUT2D eigenvalue weighted by atomic mass is 35.5. The van der Waals surface area contributed by atoms with Gasteiger partial charge in [0.25, 0.3) is 0 Å². The van der Waals surface area contributed by atoms with Gasteiger partial charge in [-0.2, -0.15) is 0 Å². The number of hydrogen-bond acceptors (Lipinski definition) is 5. The van der Waals surface area contributed by atoms with Crippen LogP contribution in [0.3, 0.4) is 0 Å². The first-order chi connectivity index (χ1) is 14.1. The van der Waals surface area contributed by atoms with Crippen molar-refractivity contribution in [3.8, 4) is 5.75 Å². The highest BCUT2D eigenvalue weighted by Crippen LogP contribution is 2.18. The predicted octanol–water partition coefficient (Wildman–Crippen LogP) is 2.54. The van der Waals surface area contributed by atoms with E-state index in [2.05, 4.69) is 10.3 Å². The monoisotopic (exact) mass is 432 g/mol. The molecule has 1 aliphatic heterocycles. The number of hydrogen-bond donors (Lipinski definition) is 2. The third-order valence-corrected chi connectivity index (χ3v) is 5.09.